The van der Waals surface area contributed by atoms with Gasteiger partial charge in [-0.2, -0.15) is 5.10 Å². The third-order valence-electron chi connectivity index (χ3n) is 2.86. The lowest BCUT2D eigenvalue weighted by atomic mass is 10.3. The van der Waals surface area contributed by atoms with Crippen molar-refractivity contribution in [2.45, 2.75) is 26.8 Å². The maximum absolute atomic E-state index is 11.3. The van der Waals surface area contributed by atoms with E-state index in [0.29, 0.717) is 11.4 Å². The van der Waals surface area contributed by atoms with Gasteiger partial charge in [0.2, 0.25) is 0 Å². The Morgan fingerprint density at radius 1 is 1.40 bits per heavy atom. The average Bonchev–Trinajstić information content (AvgIpc) is 2.79. The fraction of sp³-hybridized carbons (Fsp3) is 0.357. The van der Waals surface area contributed by atoms with Gasteiger partial charge in [-0.3, -0.25) is 4.68 Å². The van der Waals surface area contributed by atoms with Crippen molar-refractivity contribution in [3.8, 4) is 0 Å². The first-order valence-corrected chi connectivity index (χ1v) is 6.50. The summed E-state index contributed by atoms with van der Waals surface area (Å²) in [5.74, 6) is 0.986. The normalized spacial score (nSPS) is 10.3. The number of carbonyl (C=O) groups excluding carboxylic acids is 1. The van der Waals surface area contributed by atoms with E-state index in [1.807, 2.05) is 17.7 Å². The number of hydrogen-bond acceptors (Lipinski definition) is 5. The van der Waals surface area contributed by atoms with Crippen LogP contribution < -0.4 is 5.32 Å². The van der Waals surface area contributed by atoms with Gasteiger partial charge in [-0.05, 0) is 25.5 Å². The standard InChI is InChI=1S/C14H18N4O2/c1-4-7-18-10(2)8-13(17-18)16-12-6-5-11(9-15-12)14(19)20-3/h5-6,8-9H,4,7H2,1-3H3,(H,15,16,17). The molecule has 0 saturated carbocycles. The summed E-state index contributed by atoms with van der Waals surface area (Å²) in [7, 11) is 1.34. The van der Waals surface area contributed by atoms with Gasteiger partial charge in [0.05, 0.1) is 12.7 Å². The second-order valence-corrected chi connectivity index (χ2v) is 4.44. The molecule has 0 aliphatic heterocycles. The van der Waals surface area contributed by atoms with Crippen molar-refractivity contribution in [3.05, 3.63) is 35.7 Å². The number of anilines is 2. The first-order valence-electron chi connectivity index (χ1n) is 6.50. The molecular weight excluding hydrogens is 256 g/mol. The number of ether oxygens (including phenoxy) is 1. The summed E-state index contributed by atoms with van der Waals surface area (Å²) in [6.07, 6.45) is 2.51. The molecule has 2 aromatic rings. The highest BCUT2D eigenvalue weighted by Crippen LogP contribution is 2.15. The Morgan fingerprint density at radius 2 is 2.20 bits per heavy atom. The monoisotopic (exact) mass is 274 g/mol. The van der Waals surface area contributed by atoms with E-state index in [1.165, 1.54) is 13.3 Å². The highest BCUT2D eigenvalue weighted by Gasteiger charge is 2.07. The minimum absolute atomic E-state index is 0.396. The van der Waals surface area contributed by atoms with Crippen molar-refractivity contribution in [1.29, 1.82) is 0 Å². The zero-order chi connectivity index (χ0) is 14.5. The summed E-state index contributed by atoms with van der Waals surface area (Å²) >= 11 is 0. The molecular formula is C14H18N4O2. The summed E-state index contributed by atoms with van der Waals surface area (Å²) in [6, 6.07) is 5.35. The number of pyridine rings is 1. The molecule has 0 aromatic carbocycles. The molecule has 0 fully saturated rings. The molecule has 0 unspecified atom stereocenters. The van der Waals surface area contributed by atoms with Crippen LogP contribution in [0, 0.1) is 6.92 Å². The Labute approximate surface area is 117 Å². The molecule has 6 heteroatoms. The number of carbonyl (C=O) groups is 1. The van der Waals surface area contributed by atoms with Gasteiger partial charge in [-0.15, -0.1) is 0 Å². The molecule has 2 aromatic heterocycles. The van der Waals surface area contributed by atoms with Gasteiger partial charge in [0.1, 0.15) is 5.82 Å². The molecule has 0 saturated heterocycles. The fourth-order valence-corrected chi connectivity index (χ4v) is 1.85. The third-order valence-corrected chi connectivity index (χ3v) is 2.86. The number of hydrogen-bond donors (Lipinski definition) is 1. The topological polar surface area (TPSA) is 69.0 Å². The van der Waals surface area contributed by atoms with Crippen LogP contribution in [0.3, 0.4) is 0 Å². The highest BCUT2D eigenvalue weighted by atomic mass is 16.5. The van der Waals surface area contributed by atoms with E-state index in [1.54, 1.807) is 12.1 Å². The lowest BCUT2D eigenvalue weighted by molar-refractivity contribution is 0.0600. The summed E-state index contributed by atoms with van der Waals surface area (Å²) in [5.41, 5.74) is 1.52. The van der Waals surface area contributed by atoms with E-state index < -0.39 is 5.97 Å². The van der Waals surface area contributed by atoms with Crippen LogP contribution in [0.1, 0.15) is 29.4 Å². The van der Waals surface area contributed by atoms with Crippen LogP contribution in [0.4, 0.5) is 11.6 Å². The van der Waals surface area contributed by atoms with E-state index in [0.717, 1.165) is 24.5 Å². The summed E-state index contributed by atoms with van der Waals surface area (Å²) in [4.78, 5) is 15.5. The van der Waals surface area contributed by atoms with Crippen LogP contribution in [-0.4, -0.2) is 27.8 Å². The van der Waals surface area contributed by atoms with E-state index in [-0.39, 0.29) is 0 Å². The molecule has 6 nitrogen and oxygen atoms in total. The molecule has 0 radical (unpaired) electrons. The van der Waals surface area contributed by atoms with Crippen molar-refractivity contribution in [2.75, 3.05) is 12.4 Å². The smallest absolute Gasteiger partial charge is 0.339 e. The zero-order valence-corrected chi connectivity index (χ0v) is 11.9. The van der Waals surface area contributed by atoms with Crippen LogP contribution in [0.5, 0.6) is 0 Å². The van der Waals surface area contributed by atoms with Crippen LogP contribution in [0.15, 0.2) is 24.4 Å². The van der Waals surface area contributed by atoms with Gasteiger partial charge in [0, 0.05) is 24.5 Å². The number of nitrogens with one attached hydrogen (secondary N) is 1. The van der Waals surface area contributed by atoms with Crippen molar-refractivity contribution < 1.29 is 9.53 Å². The maximum Gasteiger partial charge on any atom is 0.339 e. The van der Waals surface area contributed by atoms with Crippen LogP contribution in [0.2, 0.25) is 0 Å². The molecule has 0 atom stereocenters. The Bertz CT molecular complexity index is 590. The largest absolute Gasteiger partial charge is 0.465 e. The Kier molecular flexibility index (Phi) is 4.34. The second-order valence-electron chi connectivity index (χ2n) is 4.44. The van der Waals surface area contributed by atoms with Crippen molar-refractivity contribution >= 4 is 17.6 Å². The SMILES string of the molecule is CCCn1nc(Nc2ccc(C(=O)OC)cn2)cc1C. The lowest BCUT2D eigenvalue weighted by Crippen LogP contribution is -2.03. The number of nitrogens with zero attached hydrogens (tertiary/aromatic N) is 3. The Balaban J connectivity index is 2.10. The van der Waals surface area contributed by atoms with Gasteiger partial charge in [0.25, 0.3) is 0 Å². The van der Waals surface area contributed by atoms with Crippen LogP contribution in [-0.2, 0) is 11.3 Å². The quantitative estimate of drug-likeness (QED) is 0.848. The van der Waals surface area contributed by atoms with E-state index in [9.17, 15) is 4.79 Å². The summed E-state index contributed by atoms with van der Waals surface area (Å²) < 4.78 is 6.57. The maximum atomic E-state index is 11.3. The number of methoxy groups -OCH3 is 1. The van der Waals surface area contributed by atoms with E-state index in [2.05, 4.69) is 27.1 Å². The zero-order valence-electron chi connectivity index (χ0n) is 11.9. The molecule has 0 aliphatic carbocycles. The first kappa shape index (κ1) is 14.0. The Morgan fingerprint density at radius 3 is 2.80 bits per heavy atom. The van der Waals surface area contributed by atoms with Crippen molar-refractivity contribution in [1.82, 2.24) is 14.8 Å². The molecule has 20 heavy (non-hydrogen) atoms. The highest BCUT2D eigenvalue weighted by molar-refractivity contribution is 5.89. The van der Waals surface area contributed by atoms with Gasteiger partial charge in [-0.25, -0.2) is 9.78 Å². The lowest BCUT2D eigenvalue weighted by Gasteiger charge is -2.03. The molecule has 0 aliphatic rings. The third kappa shape index (κ3) is 3.14. The molecule has 0 bridgehead atoms. The number of aryl methyl sites for hydroxylation is 2. The molecule has 0 spiro atoms. The second kappa shape index (κ2) is 6.18. The number of esters is 1. The van der Waals surface area contributed by atoms with E-state index in [4.69, 9.17) is 0 Å². The minimum Gasteiger partial charge on any atom is -0.465 e. The molecule has 0 amide bonds. The minimum atomic E-state index is -0.396. The van der Waals surface area contributed by atoms with Crippen LogP contribution in [0.25, 0.3) is 0 Å². The first-order chi connectivity index (χ1) is 9.63. The van der Waals surface area contributed by atoms with Crippen molar-refractivity contribution in [2.24, 2.45) is 0 Å². The predicted octanol–water partition coefficient (Wildman–Crippen LogP) is 2.53. The fourth-order valence-electron chi connectivity index (χ4n) is 1.85. The van der Waals surface area contributed by atoms with Crippen molar-refractivity contribution in [3.63, 3.8) is 0 Å². The van der Waals surface area contributed by atoms with E-state index >= 15 is 0 Å². The average molecular weight is 274 g/mol. The predicted molar refractivity (Wildman–Crippen MR) is 76.1 cm³/mol. The summed E-state index contributed by atoms with van der Waals surface area (Å²) in [5, 5.41) is 7.55. The van der Waals surface area contributed by atoms with Crippen LogP contribution >= 0.6 is 0 Å². The van der Waals surface area contributed by atoms with Gasteiger partial charge in [0.15, 0.2) is 5.82 Å². The molecule has 2 rings (SSSR count). The Hall–Kier alpha value is -2.37. The number of rotatable bonds is 5. The number of aromatic nitrogens is 3. The van der Waals surface area contributed by atoms with Gasteiger partial charge < -0.3 is 10.1 Å². The van der Waals surface area contributed by atoms with Gasteiger partial charge in [-0.1, -0.05) is 6.92 Å². The molecule has 2 heterocycles. The summed E-state index contributed by atoms with van der Waals surface area (Å²) in [6.45, 7) is 5.02. The molecule has 1 N–H and O–H groups in total. The molecule has 106 valence electrons. The van der Waals surface area contributed by atoms with Gasteiger partial charge >= 0.3 is 5.97 Å².